The number of hydrogen-bond donors (Lipinski definition) is 0. The summed E-state index contributed by atoms with van der Waals surface area (Å²) in [6, 6.07) is 0. The molecule has 0 aliphatic heterocycles. The molecule has 0 radical (unpaired) electrons. The molecule has 0 aliphatic rings. The molecule has 0 saturated carbocycles. The minimum absolute atomic E-state index is 0.0390. The topological polar surface area (TPSA) is 35.5 Å². The lowest BCUT2D eigenvalue weighted by molar-refractivity contribution is 0.0154. The van der Waals surface area contributed by atoms with Gasteiger partial charge in [0.25, 0.3) is 0 Å². The van der Waals surface area contributed by atoms with Crippen LogP contribution in [0.4, 0.5) is 4.79 Å². The molecule has 0 aromatic rings. The Labute approximate surface area is 228 Å². The van der Waals surface area contributed by atoms with Crippen molar-refractivity contribution in [3.05, 3.63) is 0 Å². The van der Waals surface area contributed by atoms with Gasteiger partial charge in [-0.15, -0.1) is 0 Å². The monoisotopic (exact) mass is 560 g/mol. The van der Waals surface area contributed by atoms with Gasteiger partial charge in [-0.25, -0.2) is 4.79 Å². The van der Waals surface area contributed by atoms with E-state index >= 15 is 0 Å². The fourth-order valence-corrected chi connectivity index (χ4v) is 5.08. The molecule has 0 unspecified atom stereocenters. The molecule has 0 aliphatic carbocycles. The number of unbranched alkanes of at least 4 members (excludes halogenated alkanes) is 20. The van der Waals surface area contributed by atoms with Crippen molar-refractivity contribution >= 4 is 22.1 Å². The zero-order valence-electron chi connectivity index (χ0n) is 23.8. The van der Waals surface area contributed by atoms with E-state index in [0.717, 1.165) is 43.9 Å². The van der Waals surface area contributed by atoms with Crippen molar-refractivity contribution in [2.75, 3.05) is 11.9 Å². The van der Waals surface area contributed by atoms with E-state index in [9.17, 15) is 4.79 Å². The Kier molecular flexibility index (Phi) is 29.8. The number of hydrogen-bond acceptors (Lipinski definition) is 3. The highest BCUT2D eigenvalue weighted by atomic mass is 79.9. The van der Waals surface area contributed by atoms with Crippen LogP contribution in [0, 0.1) is 0 Å². The van der Waals surface area contributed by atoms with E-state index in [1.165, 1.54) is 122 Å². The Bertz CT molecular complexity index is 396. The molecule has 0 N–H and O–H groups in total. The molecule has 0 aromatic carbocycles. The van der Waals surface area contributed by atoms with Gasteiger partial charge in [0.15, 0.2) is 0 Å². The number of carbonyl (C=O) groups excluding carboxylic acids is 1. The third kappa shape index (κ3) is 28.2. The van der Waals surface area contributed by atoms with Crippen LogP contribution >= 0.6 is 15.9 Å². The van der Waals surface area contributed by atoms with Crippen molar-refractivity contribution in [2.45, 2.75) is 180 Å². The van der Waals surface area contributed by atoms with E-state index in [-0.39, 0.29) is 6.10 Å². The summed E-state index contributed by atoms with van der Waals surface area (Å²) < 4.78 is 11.2. The van der Waals surface area contributed by atoms with E-state index in [1.54, 1.807) is 0 Å². The van der Waals surface area contributed by atoms with Gasteiger partial charge in [-0.05, 0) is 38.5 Å². The second kappa shape index (κ2) is 30.0. The van der Waals surface area contributed by atoms with Gasteiger partial charge in [0.2, 0.25) is 0 Å². The van der Waals surface area contributed by atoms with Gasteiger partial charge in [0, 0.05) is 5.33 Å². The van der Waals surface area contributed by atoms with Crippen molar-refractivity contribution in [3.8, 4) is 0 Å². The predicted octanol–water partition coefficient (Wildman–Crippen LogP) is 11.7. The average molecular weight is 562 g/mol. The first-order valence-electron chi connectivity index (χ1n) is 15.6. The first-order valence-corrected chi connectivity index (χ1v) is 16.8. The largest absolute Gasteiger partial charge is 0.508 e. The van der Waals surface area contributed by atoms with Crippen LogP contribution < -0.4 is 0 Å². The molecule has 0 atom stereocenters. The van der Waals surface area contributed by atoms with E-state index < -0.39 is 6.16 Å². The first-order chi connectivity index (χ1) is 17.2. The Morgan fingerprint density at radius 1 is 0.543 bits per heavy atom. The summed E-state index contributed by atoms with van der Waals surface area (Å²) in [5.41, 5.74) is 0. The molecule has 35 heavy (non-hydrogen) atoms. The van der Waals surface area contributed by atoms with E-state index in [2.05, 4.69) is 29.8 Å². The van der Waals surface area contributed by atoms with Crippen LogP contribution in [0.3, 0.4) is 0 Å². The predicted molar refractivity (Wildman–Crippen MR) is 157 cm³/mol. The number of ether oxygens (including phenoxy) is 2. The van der Waals surface area contributed by atoms with Gasteiger partial charge >= 0.3 is 6.16 Å². The third-order valence-electron chi connectivity index (χ3n) is 7.02. The van der Waals surface area contributed by atoms with Crippen molar-refractivity contribution in [1.82, 2.24) is 0 Å². The van der Waals surface area contributed by atoms with E-state index in [0.29, 0.717) is 6.61 Å². The molecule has 4 heteroatoms. The van der Waals surface area contributed by atoms with Crippen LogP contribution in [0.2, 0.25) is 0 Å². The van der Waals surface area contributed by atoms with Gasteiger partial charge in [0.1, 0.15) is 6.10 Å². The lowest BCUT2D eigenvalue weighted by Crippen LogP contribution is -2.19. The molecule has 0 spiro atoms. The van der Waals surface area contributed by atoms with Crippen molar-refractivity contribution in [3.63, 3.8) is 0 Å². The van der Waals surface area contributed by atoms with Gasteiger partial charge in [0.05, 0.1) is 6.61 Å². The Morgan fingerprint density at radius 2 is 0.914 bits per heavy atom. The Hall–Kier alpha value is -0.250. The fourth-order valence-electron chi connectivity index (χ4n) is 4.68. The van der Waals surface area contributed by atoms with Crippen LogP contribution in [0.15, 0.2) is 0 Å². The van der Waals surface area contributed by atoms with Crippen molar-refractivity contribution in [2.24, 2.45) is 0 Å². The fraction of sp³-hybridized carbons (Fsp3) is 0.968. The highest BCUT2D eigenvalue weighted by molar-refractivity contribution is 9.09. The van der Waals surface area contributed by atoms with Crippen molar-refractivity contribution in [1.29, 1.82) is 0 Å². The van der Waals surface area contributed by atoms with Crippen LogP contribution in [0.25, 0.3) is 0 Å². The van der Waals surface area contributed by atoms with Crippen LogP contribution in [0.5, 0.6) is 0 Å². The quantitative estimate of drug-likeness (QED) is 0.0541. The molecule has 0 saturated heterocycles. The summed E-state index contributed by atoms with van der Waals surface area (Å²) in [4.78, 5) is 12.3. The highest BCUT2D eigenvalue weighted by Gasteiger charge is 2.15. The van der Waals surface area contributed by atoms with Gasteiger partial charge in [-0.2, -0.15) is 0 Å². The summed E-state index contributed by atoms with van der Waals surface area (Å²) in [5, 5.41) is 1.11. The maximum absolute atomic E-state index is 12.3. The lowest BCUT2D eigenvalue weighted by Gasteiger charge is -2.18. The molecule has 0 rings (SSSR count). The summed E-state index contributed by atoms with van der Waals surface area (Å²) in [6.45, 7) is 5.04. The van der Waals surface area contributed by atoms with E-state index in [1.807, 2.05) is 0 Å². The molecular formula is C31H61BrO3. The lowest BCUT2D eigenvalue weighted by atomic mass is 10.0. The molecule has 0 amide bonds. The van der Waals surface area contributed by atoms with E-state index in [4.69, 9.17) is 9.47 Å². The number of rotatable bonds is 28. The molecule has 0 fully saturated rings. The number of alkyl halides is 1. The molecule has 210 valence electrons. The number of halogens is 1. The summed E-state index contributed by atoms with van der Waals surface area (Å²) in [5.74, 6) is 0. The summed E-state index contributed by atoms with van der Waals surface area (Å²) in [7, 11) is 0. The highest BCUT2D eigenvalue weighted by Crippen LogP contribution is 2.18. The number of carbonyl (C=O) groups is 1. The maximum atomic E-state index is 12.3. The normalized spacial score (nSPS) is 11.3. The minimum atomic E-state index is -0.438. The van der Waals surface area contributed by atoms with Crippen LogP contribution in [-0.4, -0.2) is 24.2 Å². The van der Waals surface area contributed by atoms with Gasteiger partial charge < -0.3 is 9.47 Å². The first kappa shape index (κ1) is 34.8. The summed E-state index contributed by atoms with van der Waals surface area (Å²) in [6.07, 6.45) is 31.1. The van der Waals surface area contributed by atoms with Crippen molar-refractivity contribution < 1.29 is 14.3 Å². The second-order valence-corrected chi connectivity index (χ2v) is 11.3. The molecule has 3 nitrogen and oxygen atoms in total. The third-order valence-corrected chi connectivity index (χ3v) is 7.58. The molecule has 0 bridgehead atoms. The standard InChI is InChI=1S/C31H61BrO3/c1-3-5-7-9-11-14-18-22-26-30(27-23-19-15-12-10-8-6-4-2)35-31(33)34-29-25-21-17-13-16-20-24-28-32/h30H,3-29H2,1-2H3. The SMILES string of the molecule is CCCCCCCCCCC(CCCCCCCCCC)OC(=O)OCCCCCCCCCBr. The molecule has 0 aromatic heterocycles. The van der Waals surface area contributed by atoms with Gasteiger partial charge in [-0.3, -0.25) is 0 Å². The maximum Gasteiger partial charge on any atom is 0.508 e. The Balaban J connectivity index is 4.01. The zero-order valence-corrected chi connectivity index (χ0v) is 25.4. The van der Waals surface area contributed by atoms with Crippen LogP contribution in [0.1, 0.15) is 174 Å². The average Bonchev–Trinajstić information content (AvgIpc) is 2.86. The Morgan fingerprint density at radius 3 is 1.34 bits per heavy atom. The van der Waals surface area contributed by atoms with Gasteiger partial charge in [-0.1, -0.05) is 152 Å². The smallest absolute Gasteiger partial charge is 0.434 e. The van der Waals surface area contributed by atoms with Crippen LogP contribution in [-0.2, 0) is 9.47 Å². The zero-order chi connectivity index (χ0) is 25.7. The summed E-state index contributed by atoms with van der Waals surface area (Å²) >= 11 is 3.48. The molecule has 0 heterocycles. The second-order valence-electron chi connectivity index (χ2n) is 10.5. The molecular weight excluding hydrogens is 500 g/mol. The minimum Gasteiger partial charge on any atom is -0.434 e.